The first-order valence-corrected chi connectivity index (χ1v) is 10.4. The second-order valence-electron chi connectivity index (χ2n) is 8.01. The van der Waals surface area contributed by atoms with E-state index < -0.39 is 11.6 Å². The van der Waals surface area contributed by atoms with Gasteiger partial charge in [0.1, 0.15) is 0 Å². The number of pyridine rings is 1. The highest BCUT2D eigenvalue weighted by Crippen LogP contribution is 2.31. The quantitative estimate of drug-likeness (QED) is 0.461. The first-order valence-electron chi connectivity index (χ1n) is 10.4. The Hall–Kier alpha value is -3.74. The lowest BCUT2D eigenvalue weighted by Gasteiger charge is -2.15. The fraction of sp³-hybridized carbons (Fsp3) is 0.200. The maximum atomic E-state index is 13.5. The molecule has 2 aromatic heterocycles. The lowest BCUT2D eigenvalue weighted by Crippen LogP contribution is -2.24. The average Bonchev–Trinajstić information content (AvgIpc) is 3.08. The number of hydrogen-bond donors (Lipinski definition) is 2. The van der Waals surface area contributed by atoms with Crippen LogP contribution < -0.4 is 10.9 Å². The summed E-state index contributed by atoms with van der Waals surface area (Å²) in [4.78, 5) is 28.1. The number of H-pyrrole nitrogens is 1. The van der Waals surface area contributed by atoms with Crippen molar-refractivity contribution in [3.05, 3.63) is 105 Å². The molecule has 1 amide bonds. The van der Waals surface area contributed by atoms with E-state index in [4.69, 9.17) is 0 Å². The molecule has 2 heterocycles. The molecule has 0 saturated heterocycles. The molecule has 0 fully saturated rings. The van der Waals surface area contributed by atoms with Crippen LogP contribution in [-0.4, -0.2) is 15.5 Å². The summed E-state index contributed by atoms with van der Waals surface area (Å²) >= 11 is 0. The molecule has 0 saturated carbocycles. The molecule has 0 aliphatic carbocycles. The SMILES string of the molecule is CC(C)c1c(C(=O)NCc2ccc(F)c(F)c2)c2cc(=O)[nH]cc2n1Cc1ccccc1. The summed E-state index contributed by atoms with van der Waals surface area (Å²) < 4.78 is 28.8. The number of hydrogen-bond acceptors (Lipinski definition) is 2. The second-order valence-corrected chi connectivity index (χ2v) is 8.01. The molecule has 164 valence electrons. The number of fused-ring (bicyclic) bond motifs is 1. The van der Waals surface area contributed by atoms with Gasteiger partial charge < -0.3 is 14.9 Å². The van der Waals surface area contributed by atoms with E-state index in [1.165, 1.54) is 12.1 Å². The first-order chi connectivity index (χ1) is 15.3. The molecule has 2 aromatic carbocycles. The van der Waals surface area contributed by atoms with E-state index in [2.05, 4.69) is 10.3 Å². The van der Waals surface area contributed by atoms with Crippen molar-refractivity contribution in [3.63, 3.8) is 0 Å². The van der Waals surface area contributed by atoms with E-state index in [1.54, 1.807) is 6.20 Å². The van der Waals surface area contributed by atoms with Crippen molar-refractivity contribution < 1.29 is 13.6 Å². The Morgan fingerprint density at radius 1 is 1.03 bits per heavy atom. The summed E-state index contributed by atoms with van der Waals surface area (Å²) in [5.74, 6) is -2.29. The molecule has 4 aromatic rings. The van der Waals surface area contributed by atoms with Crippen LogP contribution in [0.2, 0.25) is 0 Å². The Bertz CT molecular complexity index is 1340. The summed E-state index contributed by atoms with van der Waals surface area (Å²) in [6, 6.07) is 14.8. The van der Waals surface area contributed by atoms with E-state index >= 15 is 0 Å². The number of carbonyl (C=O) groups is 1. The van der Waals surface area contributed by atoms with Crippen molar-refractivity contribution in [1.29, 1.82) is 0 Å². The zero-order chi connectivity index (χ0) is 22.8. The van der Waals surface area contributed by atoms with Crippen LogP contribution >= 0.6 is 0 Å². The lowest BCUT2D eigenvalue weighted by molar-refractivity contribution is 0.0951. The molecule has 4 rings (SSSR count). The Morgan fingerprint density at radius 2 is 1.78 bits per heavy atom. The fourth-order valence-electron chi connectivity index (χ4n) is 3.99. The van der Waals surface area contributed by atoms with Gasteiger partial charge in [-0.25, -0.2) is 8.78 Å². The molecular weight excluding hydrogens is 412 g/mol. The van der Waals surface area contributed by atoms with Gasteiger partial charge in [0.25, 0.3) is 5.91 Å². The molecule has 32 heavy (non-hydrogen) atoms. The van der Waals surface area contributed by atoms with Gasteiger partial charge in [-0.2, -0.15) is 0 Å². The third-order valence-electron chi connectivity index (χ3n) is 5.40. The maximum absolute atomic E-state index is 13.5. The summed E-state index contributed by atoms with van der Waals surface area (Å²) in [5.41, 5.74) is 3.15. The van der Waals surface area contributed by atoms with E-state index in [0.29, 0.717) is 23.1 Å². The molecule has 0 radical (unpaired) electrons. The molecule has 0 aliphatic heterocycles. The minimum Gasteiger partial charge on any atom is -0.348 e. The molecule has 0 aliphatic rings. The Balaban J connectivity index is 1.77. The predicted octanol–water partition coefficient (Wildman–Crippen LogP) is 4.71. The van der Waals surface area contributed by atoms with Gasteiger partial charge in [-0.05, 0) is 29.2 Å². The summed E-state index contributed by atoms with van der Waals surface area (Å²) in [6.45, 7) is 4.54. The Kier molecular flexibility index (Phi) is 5.90. The number of benzene rings is 2. The molecule has 0 atom stereocenters. The van der Waals surface area contributed by atoms with Crippen LogP contribution in [0.15, 0.2) is 65.6 Å². The standard InChI is InChI=1S/C25H23F2N3O2/c1-15(2)24-23(25(32)29-12-17-8-9-19(26)20(27)10-17)18-11-22(31)28-13-21(18)30(24)14-16-6-4-3-5-7-16/h3-11,13,15H,12,14H2,1-2H3,(H,28,31)(H,29,32). The summed E-state index contributed by atoms with van der Waals surface area (Å²) in [7, 11) is 0. The number of nitrogens with one attached hydrogen (secondary N) is 2. The molecule has 2 N–H and O–H groups in total. The number of carbonyl (C=O) groups excluding carboxylic acids is 1. The molecule has 0 unspecified atom stereocenters. The summed E-state index contributed by atoms with van der Waals surface area (Å²) in [6.07, 6.45) is 1.62. The zero-order valence-electron chi connectivity index (χ0n) is 17.8. The smallest absolute Gasteiger partial charge is 0.254 e. The normalized spacial score (nSPS) is 11.3. The van der Waals surface area contributed by atoms with Gasteiger partial charge in [-0.3, -0.25) is 9.59 Å². The number of amides is 1. The number of halogens is 2. The van der Waals surface area contributed by atoms with Gasteiger partial charge in [-0.15, -0.1) is 0 Å². The average molecular weight is 435 g/mol. The molecule has 7 heteroatoms. The summed E-state index contributed by atoms with van der Waals surface area (Å²) in [5, 5.41) is 3.34. The monoisotopic (exact) mass is 435 g/mol. The molecular formula is C25H23F2N3O2. The van der Waals surface area contributed by atoms with Gasteiger partial charge in [-0.1, -0.05) is 50.2 Å². The topological polar surface area (TPSA) is 66.9 Å². The highest BCUT2D eigenvalue weighted by molar-refractivity contribution is 6.08. The highest BCUT2D eigenvalue weighted by atomic mass is 19.2. The first kappa shape index (κ1) is 21.5. The van der Waals surface area contributed by atoms with Crippen molar-refractivity contribution >= 4 is 16.8 Å². The van der Waals surface area contributed by atoms with Crippen LogP contribution in [0.3, 0.4) is 0 Å². The third kappa shape index (κ3) is 4.19. The van der Waals surface area contributed by atoms with Gasteiger partial charge in [0, 0.05) is 36.4 Å². The van der Waals surface area contributed by atoms with Gasteiger partial charge in [0.15, 0.2) is 11.6 Å². The Labute approximate surface area is 183 Å². The second kappa shape index (κ2) is 8.78. The van der Waals surface area contributed by atoms with Gasteiger partial charge in [0.2, 0.25) is 5.56 Å². The van der Waals surface area contributed by atoms with Crippen molar-refractivity contribution in [1.82, 2.24) is 14.9 Å². The third-order valence-corrected chi connectivity index (χ3v) is 5.40. The van der Waals surface area contributed by atoms with Crippen LogP contribution in [-0.2, 0) is 13.1 Å². The van der Waals surface area contributed by atoms with E-state index in [-0.39, 0.29) is 23.9 Å². The van der Waals surface area contributed by atoms with Gasteiger partial charge >= 0.3 is 0 Å². The van der Waals surface area contributed by atoms with Crippen molar-refractivity contribution in [3.8, 4) is 0 Å². The zero-order valence-corrected chi connectivity index (χ0v) is 17.8. The minimum atomic E-state index is -0.967. The highest BCUT2D eigenvalue weighted by Gasteiger charge is 2.25. The minimum absolute atomic E-state index is 0.00905. The van der Waals surface area contributed by atoms with Crippen LogP contribution in [0.4, 0.5) is 8.78 Å². The number of aromatic nitrogens is 2. The largest absolute Gasteiger partial charge is 0.348 e. The number of nitrogens with zero attached hydrogens (tertiary/aromatic N) is 1. The van der Waals surface area contributed by atoms with E-state index in [9.17, 15) is 18.4 Å². The maximum Gasteiger partial charge on any atom is 0.254 e. The van der Waals surface area contributed by atoms with Crippen molar-refractivity contribution in [2.24, 2.45) is 0 Å². The van der Waals surface area contributed by atoms with Crippen molar-refractivity contribution in [2.45, 2.75) is 32.9 Å². The molecule has 5 nitrogen and oxygen atoms in total. The number of aromatic amines is 1. The van der Waals surface area contributed by atoms with Crippen LogP contribution in [0, 0.1) is 11.6 Å². The fourth-order valence-corrected chi connectivity index (χ4v) is 3.99. The van der Waals surface area contributed by atoms with E-state index in [0.717, 1.165) is 28.9 Å². The van der Waals surface area contributed by atoms with Gasteiger partial charge in [0.05, 0.1) is 11.1 Å². The lowest BCUT2D eigenvalue weighted by atomic mass is 10.0. The van der Waals surface area contributed by atoms with Crippen molar-refractivity contribution in [2.75, 3.05) is 0 Å². The van der Waals surface area contributed by atoms with E-state index in [1.807, 2.05) is 48.7 Å². The predicted molar refractivity (Wildman–Crippen MR) is 120 cm³/mol. The Morgan fingerprint density at radius 3 is 2.47 bits per heavy atom. The van der Waals surface area contributed by atoms with Crippen LogP contribution in [0.5, 0.6) is 0 Å². The molecule has 0 spiro atoms. The molecule has 0 bridgehead atoms. The van der Waals surface area contributed by atoms with Crippen LogP contribution in [0.1, 0.15) is 46.9 Å². The van der Waals surface area contributed by atoms with Crippen LogP contribution in [0.25, 0.3) is 10.9 Å². The number of rotatable bonds is 6.